The molecule has 1 aliphatic carbocycles. The normalized spacial score (nSPS) is 18.3. The summed E-state index contributed by atoms with van der Waals surface area (Å²) in [4.78, 5) is 37.8. The molecule has 0 heterocycles. The molecule has 0 bridgehead atoms. The first-order valence-electron chi connectivity index (χ1n) is 13.8. The summed E-state index contributed by atoms with van der Waals surface area (Å²) in [6, 6.07) is 3.97. The van der Waals surface area contributed by atoms with Crippen molar-refractivity contribution >= 4 is 63.9 Å². The average Bonchev–Trinajstić information content (AvgIpc) is 3.58. The molecule has 3 N–H and O–H groups in total. The van der Waals surface area contributed by atoms with Crippen LogP contribution in [-0.2, 0) is 25.3 Å². The van der Waals surface area contributed by atoms with Crippen LogP contribution in [0.15, 0.2) is 65.4 Å². The third-order valence-corrected chi connectivity index (χ3v) is 8.18. The Morgan fingerprint density at radius 3 is 2.32 bits per heavy atom. The van der Waals surface area contributed by atoms with E-state index in [2.05, 4.69) is 22.5 Å². The van der Waals surface area contributed by atoms with E-state index in [1.165, 1.54) is 19.9 Å². The summed E-state index contributed by atoms with van der Waals surface area (Å²) in [6.07, 6.45) is -2.94. The van der Waals surface area contributed by atoms with Gasteiger partial charge in [0.15, 0.2) is 5.82 Å². The maximum atomic E-state index is 15.0. The topological polar surface area (TPSA) is 96.5 Å². The molecule has 0 saturated heterocycles. The fraction of sp³-hybridized carbons (Fsp3) is 0.323. The second kappa shape index (κ2) is 15.1. The molecule has 2 aromatic carbocycles. The van der Waals surface area contributed by atoms with Crippen molar-refractivity contribution in [2.24, 2.45) is 5.92 Å². The molecular weight excluding hydrogens is 699 g/mol. The lowest BCUT2D eigenvalue weighted by atomic mass is 10.0. The Morgan fingerprint density at radius 1 is 1.06 bits per heavy atom. The number of alkyl halides is 5. The number of allylic oxidation sites excluding steroid dienone is 3. The monoisotopic (exact) mass is 725 g/mol. The maximum absolute atomic E-state index is 15.0. The molecule has 1 fully saturated rings. The Morgan fingerprint density at radius 2 is 1.70 bits per heavy atom. The highest BCUT2D eigenvalue weighted by Crippen LogP contribution is 2.65. The molecular formula is C31H28Cl3F6N3O4. The van der Waals surface area contributed by atoms with Gasteiger partial charge in [0, 0.05) is 18.2 Å². The van der Waals surface area contributed by atoms with Crippen LogP contribution < -0.4 is 16.0 Å². The standard InChI is InChI=1S/C31H28Cl3F6N3O4/c1-5-12-47-16(4)28(45)43-26-21(36)10-11-22(25(26)37)42-27(44)15(3)19(32)8-6-14(2)41-29(46)24-23(30(24,33)34)17-7-9-20(35)18(13-17)31(38,39)40/h6-11,13,16,23-24H,3,5,12H2,1-2,4H3,(H,41,46)(H,42,44)(H,43,45)/b14-6+,19-8+/t16?,23-,24+/m0/s1. The number of hydrogen-bond donors (Lipinski definition) is 3. The summed E-state index contributed by atoms with van der Waals surface area (Å²) in [7, 11) is 0. The number of carbonyl (C=O) groups excluding carboxylic acids is 3. The summed E-state index contributed by atoms with van der Waals surface area (Å²) in [5.74, 6) is -8.67. The van der Waals surface area contributed by atoms with Crippen molar-refractivity contribution < 1.29 is 45.5 Å². The van der Waals surface area contributed by atoms with E-state index in [1.54, 1.807) is 0 Å². The maximum Gasteiger partial charge on any atom is 0.419 e. The van der Waals surface area contributed by atoms with Gasteiger partial charge in [-0.1, -0.05) is 31.2 Å². The number of ether oxygens (including phenoxy) is 1. The highest BCUT2D eigenvalue weighted by atomic mass is 35.5. The molecule has 3 atom stereocenters. The van der Waals surface area contributed by atoms with Crippen LogP contribution in [0.5, 0.6) is 0 Å². The van der Waals surface area contributed by atoms with Crippen LogP contribution in [0, 0.1) is 23.4 Å². The van der Waals surface area contributed by atoms with E-state index in [1.807, 2.05) is 6.92 Å². The SMILES string of the molecule is C=C(C(=O)Nc1ccc(F)c(NC(=O)C(C)OCCC)c1F)/C(Cl)=C\C=C(/C)NC(=O)[C@H]1[C@H](c2ccc(F)c(C(F)(F)F)c2)C1(Cl)Cl. The molecule has 1 saturated carbocycles. The number of nitrogens with one attached hydrogen (secondary N) is 3. The third kappa shape index (κ3) is 9.10. The summed E-state index contributed by atoms with van der Waals surface area (Å²) < 4.78 is 86.0. The van der Waals surface area contributed by atoms with Crippen LogP contribution in [0.2, 0.25) is 0 Å². The zero-order valence-corrected chi connectivity index (χ0v) is 27.2. The molecule has 0 aliphatic heterocycles. The molecule has 254 valence electrons. The van der Waals surface area contributed by atoms with E-state index in [0.717, 1.165) is 24.3 Å². The van der Waals surface area contributed by atoms with Crippen LogP contribution in [0.1, 0.15) is 44.2 Å². The van der Waals surface area contributed by atoms with Gasteiger partial charge in [0.25, 0.3) is 11.8 Å². The van der Waals surface area contributed by atoms with Crippen molar-refractivity contribution in [1.82, 2.24) is 5.32 Å². The van der Waals surface area contributed by atoms with E-state index >= 15 is 4.39 Å². The summed E-state index contributed by atoms with van der Waals surface area (Å²) in [6.45, 7) is 8.43. The molecule has 1 aliphatic rings. The number of amides is 3. The van der Waals surface area contributed by atoms with Crippen LogP contribution in [0.25, 0.3) is 0 Å². The van der Waals surface area contributed by atoms with Gasteiger partial charge in [0.05, 0.1) is 27.8 Å². The van der Waals surface area contributed by atoms with Gasteiger partial charge in [0.1, 0.15) is 27.8 Å². The highest BCUT2D eigenvalue weighted by molar-refractivity contribution is 6.53. The Labute approximate surface area is 280 Å². The van der Waals surface area contributed by atoms with Gasteiger partial charge in [-0.2, -0.15) is 13.2 Å². The Balaban J connectivity index is 1.66. The fourth-order valence-electron chi connectivity index (χ4n) is 4.30. The zero-order valence-electron chi connectivity index (χ0n) is 24.9. The van der Waals surface area contributed by atoms with Gasteiger partial charge in [-0.25, -0.2) is 13.2 Å². The summed E-state index contributed by atoms with van der Waals surface area (Å²) >= 11 is 18.5. The molecule has 0 radical (unpaired) electrons. The van der Waals surface area contributed by atoms with Crippen molar-refractivity contribution in [2.45, 2.75) is 49.7 Å². The summed E-state index contributed by atoms with van der Waals surface area (Å²) in [5.41, 5.74) is -3.13. The Bertz CT molecular complexity index is 1640. The third-order valence-electron chi connectivity index (χ3n) is 6.88. The number of rotatable bonds is 12. The van der Waals surface area contributed by atoms with E-state index < -0.39 is 80.6 Å². The lowest BCUT2D eigenvalue weighted by molar-refractivity contribution is -0.140. The van der Waals surface area contributed by atoms with Gasteiger partial charge in [-0.15, -0.1) is 23.2 Å². The predicted octanol–water partition coefficient (Wildman–Crippen LogP) is 8.10. The average molecular weight is 727 g/mol. The second-order valence-corrected chi connectivity index (χ2v) is 12.3. The van der Waals surface area contributed by atoms with Crippen molar-refractivity contribution in [3.63, 3.8) is 0 Å². The van der Waals surface area contributed by atoms with E-state index in [9.17, 15) is 36.3 Å². The Hall–Kier alpha value is -3.52. The predicted molar refractivity (Wildman–Crippen MR) is 166 cm³/mol. The Kier molecular flexibility index (Phi) is 12.2. The number of carbonyl (C=O) groups is 3. The van der Waals surface area contributed by atoms with Crippen LogP contribution >= 0.6 is 34.8 Å². The van der Waals surface area contributed by atoms with Crippen molar-refractivity contribution in [1.29, 1.82) is 0 Å². The van der Waals surface area contributed by atoms with Gasteiger partial charge < -0.3 is 20.7 Å². The van der Waals surface area contributed by atoms with E-state index in [4.69, 9.17) is 39.5 Å². The van der Waals surface area contributed by atoms with Gasteiger partial charge in [-0.3, -0.25) is 14.4 Å². The molecule has 7 nitrogen and oxygen atoms in total. The quantitative estimate of drug-likeness (QED) is 0.0892. The first-order chi connectivity index (χ1) is 21.8. The molecule has 1 unspecified atom stereocenters. The number of benzene rings is 2. The minimum atomic E-state index is -4.98. The second-order valence-electron chi connectivity index (χ2n) is 10.4. The molecule has 3 amide bonds. The van der Waals surface area contributed by atoms with Crippen LogP contribution in [0.3, 0.4) is 0 Å². The first-order valence-corrected chi connectivity index (χ1v) is 14.9. The first kappa shape index (κ1) is 37.9. The largest absolute Gasteiger partial charge is 0.419 e. The van der Waals surface area contributed by atoms with Gasteiger partial charge >= 0.3 is 6.18 Å². The van der Waals surface area contributed by atoms with Crippen molar-refractivity contribution in [3.8, 4) is 0 Å². The van der Waals surface area contributed by atoms with Crippen LogP contribution in [0.4, 0.5) is 37.7 Å². The summed E-state index contributed by atoms with van der Waals surface area (Å²) in [5, 5.41) is 6.49. The highest BCUT2D eigenvalue weighted by Gasteiger charge is 2.67. The minimum Gasteiger partial charge on any atom is -0.369 e. The molecule has 2 aromatic rings. The number of anilines is 2. The van der Waals surface area contributed by atoms with E-state index in [-0.39, 0.29) is 28.5 Å². The van der Waals surface area contributed by atoms with E-state index in [0.29, 0.717) is 18.6 Å². The molecule has 3 rings (SSSR count). The molecule has 0 aromatic heterocycles. The zero-order chi connectivity index (χ0) is 35.4. The molecule has 16 heteroatoms. The van der Waals surface area contributed by atoms with Gasteiger partial charge in [-0.05, 0) is 62.2 Å². The smallest absolute Gasteiger partial charge is 0.369 e. The fourth-order valence-corrected chi connectivity index (χ4v) is 5.28. The molecule has 47 heavy (non-hydrogen) atoms. The lowest BCUT2D eigenvalue weighted by Crippen LogP contribution is -2.29. The lowest BCUT2D eigenvalue weighted by Gasteiger charge is -2.15. The minimum absolute atomic E-state index is 0.0848. The van der Waals surface area contributed by atoms with Crippen LogP contribution in [-0.4, -0.2) is 34.8 Å². The van der Waals surface area contributed by atoms with Gasteiger partial charge in [0.2, 0.25) is 5.91 Å². The number of halogens is 9. The van der Waals surface area contributed by atoms with Crippen molar-refractivity contribution in [3.05, 3.63) is 93.9 Å². The van der Waals surface area contributed by atoms with Crippen molar-refractivity contribution in [2.75, 3.05) is 17.2 Å². The molecule has 0 spiro atoms. The number of hydrogen-bond acceptors (Lipinski definition) is 4.